The van der Waals surface area contributed by atoms with Crippen LogP contribution in [0, 0.1) is 0 Å². The van der Waals surface area contributed by atoms with E-state index in [4.69, 9.17) is 4.74 Å². The third kappa shape index (κ3) is 4.49. The molecule has 0 atom stereocenters. The average molecular weight is 721 g/mol. The first-order valence-corrected chi connectivity index (χ1v) is 20.0. The standard InChI is InChI=1S/C55H44O/c1-53(2,3)35-25-27-39-40-28-26-36(54(4,5)6)32-48(40)55(47(39)31-35)45-21-10-9-18-43(45)52-41(20-13-22-46(52)55)38-17-8-7-16-37(38)34-24-29-49-44(30-34)42-19-11-14-33-15-12-23-50(56-49)51(33)42/h7-32H,1-6H3. The van der Waals surface area contributed by atoms with E-state index in [9.17, 15) is 0 Å². The smallest absolute Gasteiger partial charge is 0.135 e. The minimum absolute atomic E-state index is 0.0107. The third-order valence-electron chi connectivity index (χ3n) is 12.8. The van der Waals surface area contributed by atoms with Gasteiger partial charge < -0.3 is 4.74 Å². The first kappa shape index (κ1) is 33.2. The zero-order valence-corrected chi connectivity index (χ0v) is 32.9. The molecule has 1 heterocycles. The minimum Gasteiger partial charge on any atom is -0.456 e. The molecule has 3 aliphatic rings. The quantitative estimate of drug-likeness (QED) is 0.173. The Labute approximate surface area is 330 Å². The van der Waals surface area contributed by atoms with Crippen molar-refractivity contribution in [2.24, 2.45) is 0 Å². The lowest BCUT2D eigenvalue weighted by molar-refractivity contribution is 0.487. The summed E-state index contributed by atoms with van der Waals surface area (Å²) in [5.41, 5.74) is 20.4. The maximum Gasteiger partial charge on any atom is 0.135 e. The average Bonchev–Trinajstić information content (AvgIpc) is 3.67. The van der Waals surface area contributed by atoms with Crippen LogP contribution in [0.3, 0.4) is 0 Å². The molecule has 0 unspecified atom stereocenters. The summed E-state index contributed by atoms with van der Waals surface area (Å²) in [6.07, 6.45) is 0. The van der Waals surface area contributed by atoms with Crippen LogP contribution in [-0.4, -0.2) is 0 Å². The fourth-order valence-corrected chi connectivity index (χ4v) is 10.1. The van der Waals surface area contributed by atoms with Crippen LogP contribution < -0.4 is 4.74 Å². The molecule has 0 bridgehead atoms. The Morgan fingerprint density at radius 2 is 0.946 bits per heavy atom. The molecule has 2 aliphatic carbocycles. The monoisotopic (exact) mass is 720 g/mol. The molecule has 1 heteroatoms. The normalized spacial score (nSPS) is 14.2. The molecule has 0 amide bonds. The number of hydrogen-bond donors (Lipinski definition) is 0. The van der Waals surface area contributed by atoms with Crippen molar-refractivity contribution in [1.82, 2.24) is 0 Å². The van der Waals surface area contributed by atoms with Crippen LogP contribution in [0.25, 0.3) is 66.4 Å². The zero-order valence-electron chi connectivity index (χ0n) is 32.9. The van der Waals surface area contributed by atoms with E-state index in [2.05, 4.69) is 199 Å². The van der Waals surface area contributed by atoms with Crippen molar-refractivity contribution in [1.29, 1.82) is 0 Å². The van der Waals surface area contributed by atoms with Gasteiger partial charge in [0.25, 0.3) is 0 Å². The highest BCUT2D eigenvalue weighted by Crippen LogP contribution is 2.65. The van der Waals surface area contributed by atoms with Gasteiger partial charge in [0.2, 0.25) is 0 Å². The molecule has 8 aromatic carbocycles. The Balaban J connectivity index is 1.17. The highest BCUT2D eigenvalue weighted by molar-refractivity contribution is 6.06. The number of ether oxygens (including phenoxy) is 1. The van der Waals surface area contributed by atoms with Gasteiger partial charge in [0.05, 0.1) is 5.41 Å². The lowest BCUT2D eigenvalue weighted by atomic mass is 9.68. The lowest BCUT2D eigenvalue weighted by Gasteiger charge is -2.33. The second-order valence-electron chi connectivity index (χ2n) is 18.1. The van der Waals surface area contributed by atoms with Crippen LogP contribution >= 0.6 is 0 Å². The fraction of sp³-hybridized carbons (Fsp3) is 0.164. The van der Waals surface area contributed by atoms with Crippen molar-refractivity contribution in [3.63, 3.8) is 0 Å². The van der Waals surface area contributed by atoms with Crippen LogP contribution in [0.2, 0.25) is 0 Å². The second kappa shape index (κ2) is 11.4. The molecule has 0 saturated heterocycles. The number of fused-ring (bicyclic) bond motifs is 12. The molecule has 0 fully saturated rings. The number of hydrogen-bond acceptors (Lipinski definition) is 1. The van der Waals surface area contributed by atoms with Crippen LogP contribution in [0.15, 0.2) is 158 Å². The molecule has 1 aliphatic heterocycles. The lowest BCUT2D eigenvalue weighted by Crippen LogP contribution is -2.27. The summed E-state index contributed by atoms with van der Waals surface area (Å²) in [4.78, 5) is 0. The van der Waals surface area contributed by atoms with Crippen molar-refractivity contribution in [2.75, 3.05) is 0 Å². The van der Waals surface area contributed by atoms with E-state index in [0.717, 1.165) is 17.1 Å². The van der Waals surface area contributed by atoms with E-state index in [1.54, 1.807) is 0 Å². The van der Waals surface area contributed by atoms with E-state index in [0.29, 0.717) is 0 Å². The number of rotatable bonds is 2. The predicted octanol–water partition coefficient (Wildman–Crippen LogP) is 14.9. The van der Waals surface area contributed by atoms with Crippen LogP contribution in [0.4, 0.5) is 0 Å². The molecular weight excluding hydrogens is 677 g/mol. The molecule has 0 saturated carbocycles. The molecule has 0 N–H and O–H groups in total. The molecule has 56 heavy (non-hydrogen) atoms. The van der Waals surface area contributed by atoms with Gasteiger partial charge in [-0.2, -0.15) is 0 Å². The van der Waals surface area contributed by atoms with Crippen molar-refractivity contribution in [2.45, 2.75) is 57.8 Å². The summed E-state index contributed by atoms with van der Waals surface area (Å²) in [5, 5.41) is 2.38. The van der Waals surface area contributed by atoms with Crippen molar-refractivity contribution >= 4 is 10.8 Å². The van der Waals surface area contributed by atoms with Gasteiger partial charge in [0.1, 0.15) is 11.5 Å². The Morgan fingerprint density at radius 3 is 1.64 bits per heavy atom. The highest BCUT2D eigenvalue weighted by atomic mass is 16.5. The fourth-order valence-electron chi connectivity index (χ4n) is 10.1. The second-order valence-corrected chi connectivity index (χ2v) is 18.1. The first-order chi connectivity index (χ1) is 27.0. The molecule has 1 nitrogen and oxygen atoms in total. The van der Waals surface area contributed by atoms with Gasteiger partial charge in [-0.05, 0) is 118 Å². The van der Waals surface area contributed by atoms with E-state index >= 15 is 0 Å². The molecule has 8 aromatic rings. The summed E-state index contributed by atoms with van der Waals surface area (Å²) < 4.78 is 6.52. The van der Waals surface area contributed by atoms with Gasteiger partial charge in [-0.15, -0.1) is 0 Å². The zero-order chi connectivity index (χ0) is 38.1. The maximum absolute atomic E-state index is 6.52. The topological polar surface area (TPSA) is 9.23 Å². The molecule has 11 rings (SSSR count). The molecular formula is C55H44O. The van der Waals surface area contributed by atoms with Gasteiger partial charge in [-0.3, -0.25) is 0 Å². The van der Waals surface area contributed by atoms with Crippen LogP contribution in [0.5, 0.6) is 11.5 Å². The van der Waals surface area contributed by atoms with Crippen molar-refractivity contribution in [3.8, 4) is 67.1 Å². The predicted molar refractivity (Wildman–Crippen MR) is 234 cm³/mol. The SMILES string of the molecule is CC(C)(C)c1ccc2c(c1)C1(c3cc(C(C)(C)C)ccc3-2)c2ccccc2-c2c(-c3ccccc3-c3ccc4c(c3)-c3cccc5cccc(c35)O4)cccc21. The highest BCUT2D eigenvalue weighted by Gasteiger charge is 2.52. The van der Waals surface area contributed by atoms with Crippen LogP contribution in [0.1, 0.15) is 74.9 Å². The summed E-state index contributed by atoms with van der Waals surface area (Å²) in [5.74, 6) is 1.82. The largest absolute Gasteiger partial charge is 0.456 e. The summed E-state index contributed by atoms with van der Waals surface area (Å²) >= 11 is 0. The van der Waals surface area contributed by atoms with Gasteiger partial charge in [0, 0.05) is 10.9 Å². The molecule has 0 radical (unpaired) electrons. The first-order valence-electron chi connectivity index (χ1n) is 20.0. The van der Waals surface area contributed by atoms with E-state index in [1.165, 1.54) is 94.2 Å². The Bertz CT molecular complexity index is 2890. The summed E-state index contributed by atoms with van der Waals surface area (Å²) in [6.45, 7) is 14.0. The van der Waals surface area contributed by atoms with Gasteiger partial charge in [-0.25, -0.2) is 0 Å². The Hall–Kier alpha value is -6.18. The Kier molecular flexibility index (Phi) is 6.77. The number of benzene rings is 8. The van der Waals surface area contributed by atoms with Gasteiger partial charge in [-0.1, -0.05) is 181 Å². The third-order valence-corrected chi connectivity index (χ3v) is 12.8. The Morgan fingerprint density at radius 1 is 0.375 bits per heavy atom. The van der Waals surface area contributed by atoms with Crippen LogP contribution in [-0.2, 0) is 16.2 Å². The van der Waals surface area contributed by atoms with E-state index in [1.807, 2.05) is 0 Å². The summed E-state index contributed by atoms with van der Waals surface area (Å²) in [7, 11) is 0. The summed E-state index contributed by atoms with van der Waals surface area (Å²) in [6, 6.07) is 59.5. The van der Waals surface area contributed by atoms with E-state index in [-0.39, 0.29) is 10.8 Å². The van der Waals surface area contributed by atoms with Gasteiger partial charge in [0.15, 0.2) is 0 Å². The van der Waals surface area contributed by atoms with Gasteiger partial charge >= 0.3 is 0 Å². The van der Waals surface area contributed by atoms with E-state index < -0.39 is 5.41 Å². The van der Waals surface area contributed by atoms with Crippen molar-refractivity contribution < 1.29 is 4.74 Å². The van der Waals surface area contributed by atoms with Crippen molar-refractivity contribution in [3.05, 3.63) is 191 Å². The maximum atomic E-state index is 6.52. The molecule has 0 aromatic heterocycles. The molecule has 1 spiro atoms. The molecule has 270 valence electrons. The minimum atomic E-state index is -0.445.